The van der Waals surface area contributed by atoms with Gasteiger partial charge < -0.3 is 15.0 Å². The van der Waals surface area contributed by atoms with Crippen LogP contribution in [0.2, 0.25) is 0 Å². The Morgan fingerprint density at radius 3 is 3.21 bits per heavy atom. The van der Waals surface area contributed by atoms with Crippen LogP contribution < -0.4 is 10.1 Å². The molecule has 1 atom stereocenters. The summed E-state index contributed by atoms with van der Waals surface area (Å²) in [7, 11) is 0. The number of ether oxygens (including phenoxy) is 1. The Kier molecular flexibility index (Phi) is 3.51. The molecule has 1 aromatic carbocycles. The maximum Gasteiger partial charge on any atom is 0.127 e. The second-order valence-corrected chi connectivity index (χ2v) is 4.83. The summed E-state index contributed by atoms with van der Waals surface area (Å²) in [6.45, 7) is 3.94. The number of imidazole rings is 1. The van der Waals surface area contributed by atoms with Crippen molar-refractivity contribution in [2.45, 2.75) is 25.8 Å². The van der Waals surface area contributed by atoms with Crippen LogP contribution in [0.15, 0.2) is 30.6 Å². The lowest BCUT2D eigenvalue weighted by molar-refractivity contribution is 0.356. The Bertz CT molecular complexity index is 536. The van der Waals surface area contributed by atoms with Crippen molar-refractivity contribution in [3.05, 3.63) is 47.5 Å². The Hall–Kier alpha value is -1.81. The van der Waals surface area contributed by atoms with Gasteiger partial charge in [0, 0.05) is 18.8 Å². The summed E-state index contributed by atoms with van der Waals surface area (Å²) in [5, 5.41) is 3.54. The number of fused-ring (bicyclic) bond motifs is 1. The lowest BCUT2D eigenvalue weighted by Crippen LogP contribution is -2.24. The molecule has 0 saturated heterocycles. The van der Waals surface area contributed by atoms with Gasteiger partial charge in [-0.05, 0) is 36.2 Å². The number of hydrogen-bond donors (Lipinski definition) is 2. The summed E-state index contributed by atoms with van der Waals surface area (Å²) < 4.78 is 5.56. The zero-order valence-corrected chi connectivity index (χ0v) is 11.1. The van der Waals surface area contributed by atoms with Gasteiger partial charge in [-0.25, -0.2) is 4.98 Å². The fourth-order valence-corrected chi connectivity index (χ4v) is 2.48. The van der Waals surface area contributed by atoms with Crippen LogP contribution in [0.25, 0.3) is 0 Å². The Labute approximate surface area is 113 Å². The normalized spacial score (nSPS) is 15.0. The minimum atomic E-state index is 0.126. The van der Waals surface area contributed by atoms with Crippen molar-refractivity contribution in [3.63, 3.8) is 0 Å². The molecule has 2 heterocycles. The number of aromatic nitrogens is 2. The Balaban J connectivity index is 1.90. The molecule has 1 aliphatic rings. The number of H-pyrrole nitrogens is 1. The number of rotatable bonds is 5. The summed E-state index contributed by atoms with van der Waals surface area (Å²) in [5.41, 5.74) is 2.54. The third-order valence-corrected chi connectivity index (χ3v) is 3.44. The van der Waals surface area contributed by atoms with Crippen molar-refractivity contribution < 1.29 is 4.74 Å². The average molecular weight is 257 g/mol. The number of aromatic amines is 1. The minimum Gasteiger partial charge on any atom is -0.493 e. The number of benzene rings is 1. The highest BCUT2D eigenvalue weighted by molar-refractivity contribution is 5.42. The van der Waals surface area contributed by atoms with Gasteiger partial charge in [-0.1, -0.05) is 13.0 Å². The molecule has 0 radical (unpaired) electrons. The van der Waals surface area contributed by atoms with E-state index in [4.69, 9.17) is 4.74 Å². The first-order valence-electron chi connectivity index (χ1n) is 6.86. The molecule has 0 aliphatic carbocycles. The van der Waals surface area contributed by atoms with Crippen LogP contribution in [0.5, 0.6) is 5.75 Å². The molecular weight excluding hydrogens is 238 g/mol. The standard InChI is InChI=1S/C15H19N3O/c1-2-6-16-14(15-17-7-8-18-15)12-3-4-13-11(10-12)5-9-19-13/h3-4,7-8,10,14,16H,2,5-6,9H2,1H3,(H,17,18). The van der Waals surface area contributed by atoms with Gasteiger partial charge in [0.25, 0.3) is 0 Å². The van der Waals surface area contributed by atoms with Gasteiger partial charge in [-0.3, -0.25) is 0 Å². The van der Waals surface area contributed by atoms with Crippen molar-refractivity contribution >= 4 is 0 Å². The second-order valence-electron chi connectivity index (χ2n) is 4.83. The molecule has 1 aromatic heterocycles. The minimum absolute atomic E-state index is 0.126. The van der Waals surface area contributed by atoms with Crippen molar-refractivity contribution in [3.8, 4) is 5.75 Å². The average Bonchev–Trinajstić information content (AvgIpc) is 3.09. The number of nitrogens with one attached hydrogen (secondary N) is 2. The maximum atomic E-state index is 5.56. The summed E-state index contributed by atoms with van der Waals surface area (Å²) >= 11 is 0. The van der Waals surface area contributed by atoms with Crippen molar-refractivity contribution in [1.82, 2.24) is 15.3 Å². The fourth-order valence-electron chi connectivity index (χ4n) is 2.48. The molecule has 100 valence electrons. The molecule has 4 heteroatoms. The van der Waals surface area contributed by atoms with E-state index in [9.17, 15) is 0 Å². The zero-order valence-electron chi connectivity index (χ0n) is 11.1. The largest absolute Gasteiger partial charge is 0.493 e. The van der Waals surface area contributed by atoms with E-state index in [0.29, 0.717) is 0 Å². The van der Waals surface area contributed by atoms with Gasteiger partial charge in [-0.2, -0.15) is 0 Å². The molecule has 0 spiro atoms. The van der Waals surface area contributed by atoms with Crippen LogP contribution >= 0.6 is 0 Å². The highest BCUT2D eigenvalue weighted by Crippen LogP contribution is 2.29. The SMILES string of the molecule is CCCNC(c1ccc2c(c1)CCO2)c1ncc[nH]1. The zero-order chi connectivity index (χ0) is 13.1. The highest BCUT2D eigenvalue weighted by atomic mass is 16.5. The molecule has 0 saturated carbocycles. The molecule has 4 nitrogen and oxygen atoms in total. The first-order valence-corrected chi connectivity index (χ1v) is 6.86. The number of hydrogen-bond acceptors (Lipinski definition) is 3. The summed E-state index contributed by atoms with van der Waals surface area (Å²) in [4.78, 5) is 7.60. The fraction of sp³-hybridized carbons (Fsp3) is 0.400. The molecule has 0 amide bonds. The molecule has 3 rings (SSSR count). The van der Waals surface area contributed by atoms with Gasteiger partial charge in [0.2, 0.25) is 0 Å². The highest BCUT2D eigenvalue weighted by Gasteiger charge is 2.19. The predicted molar refractivity (Wildman–Crippen MR) is 74.4 cm³/mol. The first kappa shape index (κ1) is 12.2. The van der Waals surface area contributed by atoms with E-state index in [-0.39, 0.29) is 6.04 Å². The summed E-state index contributed by atoms with van der Waals surface area (Å²) in [6.07, 6.45) is 5.77. The molecule has 1 aliphatic heterocycles. The van der Waals surface area contributed by atoms with E-state index in [0.717, 1.165) is 37.6 Å². The molecule has 2 aromatic rings. The summed E-state index contributed by atoms with van der Waals surface area (Å²) in [6, 6.07) is 6.56. The van der Waals surface area contributed by atoms with E-state index in [1.54, 1.807) is 6.20 Å². The number of nitrogens with zero attached hydrogens (tertiary/aromatic N) is 1. The van der Waals surface area contributed by atoms with Crippen LogP contribution in [0.4, 0.5) is 0 Å². The van der Waals surface area contributed by atoms with Crippen molar-refractivity contribution in [2.24, 2.45) is 0 Å². The van der Waals surface area contributed by atoms with Crippen LogP contribution in [-0.4, -0.2) is 23.1 Å². The molecule has 0 bridgehead atoms. The molecule has 19 heavy (non-hydrogen) atoms. The van der Waals surface area contributed by atoms with E-state index >= 15 is 0 Å². The van der Waals surface area contributed by atoms with Crippen molar-refractivity contribution in [1.29, 1.82) is 0 Å². The predicted octanol–water partition coefficient (Wildman–Crippen LogP) is 2.43. The van der Waals surface area contributed by atoms with E-state index in [1.165, 1.54) is 11.1 Å². The van der Waals surface area contributed by atoms with Gasteiger partial charge in [0.05, 0.1) is 12.6 Å². The third kappa shape index (κ3) is 2.49. The maximum absolute atomic E-state index is 5.56. The van der Waals surface area contributed by atoms with Crippen LogP contribution in [0, 0.1) is 0 Å². The lowest BCUT2D eigenvalue weighted by atomic mass is 10.0. The summed E-state index contributed by atoms with van der Waals surface area (Å²) in [5.74, 6) is 1.99. The smallest absolute Gasteiger partial charge is 0.127 e. The molecule has 1 unspecified atom stereocenters. The van der Waals surface area contributed by atoms with E-state index in [1.807, 2.05) is 6.20 Å². The van der Waals surface area contributed by atoms with Gasteiger partial charge >= 0.3 is 0 Å². The second kappa shape index (κ2) is 5.45. The Morgan fingerprint density at radius 2 is 2.42 bits per heavy atom. The van der Waals surface area contributed by atoms with E-state index < -0.39 is 0 Å². The van der Waals surface area contributed by atoms with Gasteiger partial charge in [0.15, 0.2) is 0 Å². The lowest BCUT2D eigenvalue weighted by Gasteiger charge is -2.17. The molecular formula is C15H19N3O. The van der Waals surface area contributed by atoms with Gasteiger partial charge in [0.1, 0.15) is 11.6 Å². The van der Waals surface area contributed by atoms with E-state index in [2.05, 4.69) is 40.4 Å². The quantitative estimate of drug-likeness (QED) is 0.865. The Morgan fingerprint density at radius 1 is 1.47 bits per heavy atom. The topological polar surface area (TPSA) is 49.9 Å². The van der Waals surface area contributed by atoms with Crippen LogP contribution in [-0.2, 0) is 6.42 Å². The van der Waals surface area contributed by atoms with Crippen LogP contribution in [0.1, 0.15) is 36.3 Å². The van der Waals surface area contributed by atoms with Crippen LogP contribution in [0.3, 0.4) is 0 Å². The van der Waals surface area contributed by atoms with Gasteiger partial charge in [-0.15, -0.1) is 0 Å². The monoisotopic (exact) mass is 257 g/mol. The third-order valence-electron chi connectivity index (χ3n) is 3.44. The van der Waals surface area contributed by atoms with Crippen molar-refractivity contribution in [2.75, 3.05) is 13.2 Å². The molecule has 0 fully saturated rings. The molecule has 2 N–H and O–H groups in total. The first-order chi connectivity index (χ1) is 9.38.